The highest BCUT2D eigenvalue weighted by atomic mass is 35.5. The van der Waals surface area contributed by atoms with E-state index in [9.17, 15) is 0 Å². The van der Waals surface area contributed by atoms with E-state index in [0.29, 0.717) is 17.9 Å². The average molecular weight is 439 g/mol. The lowest BCUT2D eigenvalue weighted by atomic mass is 10.1. The number of anilines is 1. The molecule has 162 valence electrons. The third-order valence-corrected chi connectivity index (χ3v) is 6.18. The van der Waals surface area contributed by atoms with Gasteiger partial charge in [0.2, 0.25) is 6.79 Å². The van der Waals surface area contributed by atoms with Gasteiger partial charge in [0.1, 0.15) is 0 Å². The van der Waals surface area contributed by atoms with Crippen LogP contribution in [0.25, 0.3) is 10.9 Å². The zero-order chi connectivity index (χ0) is 21.2. The predicted octanol–water partition coefficient (Wildman–Crippen LogP) is 4.24. The Morgan fingerprint density at radius 3 is 2.68 bits per heavy atom. The number of aromatic nitrogens is 1. The first-order valence-corrected chi connectivity index (χ1v) is 11.2. The summed E-state index contributed by atoms with van der Waals surface area (Å²) in [5.41, 5.74) is 3.30. The van der Waals surface area contributed by atoms with Gasteiger partial charge in [0.25, 0.3) is 0 Å². The molecule has 2 aliphatic heterocycles. The standard InChI is InChI=1S/C24H27ClN4O2/c1-17(27-21-6-7-26-22-13-19(25)3-4-20(21)22)14-28-8-10-29(11-9-28)15-18-2-5-23-24(12-18)31-16-30-23/h2-7,12-13,17H,8-11,14-16H2,1H3,(H,26,27). The van der Waals surface area contributed by atoms with Gasteiger partial charge in [-0.25, -0.2) is 0 Å². The lowest BCUT2D eigenvalue weighted by Crippen LogP contribution is -2.48. The molecule has 0 spiro atoms. The number of nitrogens with zero attached hydrogens (tertiary/aromatic N) is 3. The first-order chi connectivity index (χ1) is 15.1. The lowest BCUT2D eigenvalue weighted by Gasteiger charge is -2.36. The first kappa shape index (κ1) is 20.4. The van der Waals surface area contributed by atoms with Gasteiger partial charge in [-0.3, -0.25) is 14.8 Å². The zero-order valence-corrected chi connectivity index (χ0v) is 18.4. The number of ether oxygens (including phenoxy) is 2. The molecule has 1 N–H and O–H groups in total. The molecule has 31 heavy (non-hydrogen) atoms. The van der Waals surface area contributed by atoms with Crippen molar-refractivity contribution in [1.82, 2.24) is 14.8 Å². The van der Waals surface area contributed by atoms with Crippen LogP contribution in [0.1, 0.15) is 12.5 Å². The van der Waals surface area contributed by atoms with E-state index in [4.69, 9.17) is 21.1 Å². The molecule has 1 saturated heterocycles. The van der Waals surface area contributed by atoms with Crippen LogP contribution < -0.4 is 14.8 Å². The molecule has 6 nitrogen and oxygen atoms in total. The van der Waals surface area contributed by atoms with Gasteiger partial charge in [0.15, 0.2) is 11.5 Å². The normalized spacial score (nSPS) is 17.7. The van der Waals surface area contributed by atoms with Crippen LogP contribution in [0.4, 0.5) is 5.69 Å². The van der Waals surface area contributed by atoms with Gasteiger partial charge in [-0.1, -0.05) is 17.7 Å². The molecule has 5 rings (SSSR count). The SMILES string of the molecule is CC(CN1CCN(Cc2ccc3c(c2)OCO3)CC1)Nc1ccnc2cc(Cl)ccc12. The highest BCUT2D eigenvalue weighted by Crippen LogP contribution is 2.33. The van der Waals surface area contributed by atoms with Gasteiger partial charge in [0.05, 0.1) is 5.52 Å². The van der Waals surface area contributed by atoms with Crippen molar-refractivity contribution >= 4 is 28.2 Å². The van der Waals surface area contributed by atoms with Gasteiger partial charge < -0.3 is 14.8 Å². The minimum Gasteiger partial charge on any atom is -0.454 e. The number of hydrogen-bond donors (Lipinski definition) is 1. The van der Waals surface area contributed by atoms with Gasteiger partial charge in [-0.15, -0.1) is 0 Å². The third-order valence-electron chi connectivity index (χ3n) is 5.95. The summed E-state index contributed by atoms with van der Waals surface area (Å²) < 4.78 is 10.9. The van der Waals surface area contributed by atoms with Crippen molar-refractivity contribution in [2.75, 3.05) is 44.8 Å². The maximum atomic E-state index is 6.11. The number of halogens is 1. The second-order valence-electron chi connectivity index (χ2n) is 8.33. The Kier molecular flexibility index (Phi) is 5.85. The number of rotatable bonds is 6. The van der Waals surface area contributed by atoms with Crippen molar-refractivity contribution in [3.8, 4) is 11.5 Å². The number of nitrogens with one attached hydrogen (secondary N) is 1. The van der Waals surface area contributed by atoms with Crippen molar-refractivity contribution in [2.45, 2.75) is 19.5 Å². The molecule has 0 amide bonds. The second-order valence-corrected chi connectivity index (χ2v) is 8.77. The van der Waals surface area contributed by atoms with Crippen LogP contribution in [0.3, 0.4) is 0 Å². The summed E-state index contributed by atoms with van der Waals surface area (Å²) in [6, 6.07) is 14.5. The molecular formula is C24H27ClN4O2. The maximum Gasteiger partial charge on any atom is 0.231 e. The minimum atomic E-state index is 0.326. The van der Waals surface area contributed by atoms with Crippen molar-refractivity contribution in [3.63, 3.8) is 0 Å². The molecule has 1 fully saturated rings. The largest absolute Gasteiger partial charge is 0.454 e. The molecule has 1 atom stereocenters. The Balaban J connectivity index is 1.13. The van der Waals surface area contributed by atoms with E-state index < -0.39 is 0 Å². The highest BCUT2D eigenvalue weighted by Gasteiger charge is 2.20. The van der Waals surface area contributed by atoms with Crippen LogP contribution in [0.15, 0.2) is 48.7 Å². The Labute approximate surface area is 187 Å². The highest BCUT2D eigenvalue weighted by molar-refractivity contribution is 6.31. The Morgan fingerprint density at radius 2 is 1.81 bits per heavy atom. The predicted molar refractivity (Wildman–Crippen MR) is 124 cm³/mol. The van der Waals surface area contributed by atoms with Crippen molar-refractivity contribution < 1.29 is 9.47 Å². The fraction of sp³-hybridized carbons (Fsp3) is 0.375. The second kappa shape index (κ2) is 8.91. The third kappa shape index (κ3) is 4.71. The molecule has 1 aromatic heterocycles. The van der Waals surface area contributed by atoms with Crippen LogP contribution in [0.5, 0.6) is 11.5 Å². The van der Waals surface area contributed by atoms with Gasteiger partial charge in [-0.05, 0) is 48.9 Å². The number of piperazine rings is 1. The van der Waals surface area contributed by atoms with E-state index in [-0.39, 0.29) is 0 Å². The molecule has 2 aliphatic rings. The summed E-state index contributed by atoms with van der Waals surface area (Å²) in [5, 5.41) is 5.48. The molecule has 0 radical (unpaired) electrons. The smallest absolute Gasteiger partial charge is 0.231 e. The van der Waals surface area contributed by atoms with E-state index in [1.165, 1.54) is 5.56 Å². The van der Waals surface area contributed by atoms with E-state index >= 15 is 0 Å². The number of hydrogen-bond acceptors (Lipinski definition) is 6. The molecule has 7 heteroatoms. The molecule has 2 aromatic carbocycles. The molecule has 0 bridgehead atoms. The monoisotopic (exact) mass is 438 g/mol. The van der Waals surface area contributed by atoms with Crippen LogP contribution >= 0.6 is 11.6 Å². The quantitative estimate of drug-likeness (QED) is 0.621. The molecule has 3 aromatic rings. The maximum absolute atomic E-state index is 6.11. The van der Waals surface area contributed by atoms with Gasteiger partial charge in [-0.2, -0.15) is 0 Å². The summed E-state index contributed by atoms with van der Waals surface area (Å²) in [6.45, 7) is 8.80. The molecule has 0 aliphatic carbocycles. The fourth-order valence-electron chi connectivity index (χ4n) is 4.37. The minimum absolute atomic E-state index is 0.326. The van der Waals surface area contributed by atoms with Crippen LogP contribution in [-0.4, -0.2) is 60.3 Å². The van der Waals surface area contributed by atoms with Gasteiger partial charge in [0, 0.05) is 67.6 Å². The van der Waals surface area contributed by atoms with E-state index in [1.807, 2.05) is 36.5 Å². The topological polar surface area (TPSA) is 49.9 Å². The van der Waals surface area contributed by atoms with Crippen molar-refractivity contribution in [3.05, 3.63) is 59.2 Å². The van der Waals surface area contributed by atoms with E-state index in [0.717, 1.165) is 67.4 Å². The molecule has 1 unspecified atom stereocenters. The van der Waals surface area contributed by atoms with Crippen LogP contribution in [-0.2, 0) is 6.54 Å². The summed E-state index contributed by atoms with van der Waals surface area (Å²) in [7, 11) is 0. The molecule has 3 heterocycles. The Morgan fingerprint density at radius 1 is 1.00 bits per heavy atom. The van der Waals surface area contributed by atoms with Gasteiger partial charge >= 0.3 is 0 Å². The Hall–Kier alpha value is -2.54. The van der Waals surface area contributed by atoms with Crippen molar-refractivity contribution in [1.29, 1.82) is 0 Å². The number of fused-ring (bicyclic) bond motifs is 2. The summed E-state index contributed by atoms with van der Waals surface area (Å²) in [4.78, 5) is 9.47. The first-order valence-electron chi connectivity index (χ1n) is 10.8. The van der Waals surface area contributed by atoms with Crippen molar-refractivity contribution in [2.24, 2.45) is 0 Å². The Bertz CT molecular complexity index is 1070. The lowest BCUT2D eigenvalue weighted by molar-refractivity contribution is 0.125. The van der Waals surface area contributed by atoms with E-state index in [2.05, 4.69) is 39.2 Å². The number of benzene rings is 2. The van der Waals surface area contributed by atoms with Crippen LogP contribution in [0, 0.1) is 0 Å². The fourth-order valence-corrected chi connectivity index (χ4v) is 4.54. The molecular weight excluding hydrogens is 412 g/mol. The summed E-state index contributed by atoms with van der Waals surface area (Å²) >= 11 is 6.11. The van der Waals surface area contributed by atoms with Crippen LogP contribution in [0.2, 0.25) is 5.02 Å². The summed E-state index contributed by atoms with van der Waals surface area (Å²) in [6.07, 6.45) is 1.84. The average Bonchev–Trinajstić information content (AvgIpc) is 3.23. The zero-order valence-electron chi connectivity index (χ0n) is 17.7. The van der Waals surface area contributed by atoms with E-state index in [1.54, 1.807) is 0 Å². The number of pyridine rings is 1. The summed E-state index contributed by atoms with van der Waals surface area (Å²) in [5.74, 6) is 1.71. The molecule has 0 saturated carbocycles.